The first kappa shape index (κ1) is 15.4. The third-order valence-electron chi connectivity index (χ3n) is 2.59. The number of nitrogens with zero attached hydrogens (tertiary/aromatic N) is 1. The van der Waals surface area contributed by atoms with Crippen LogP contribution in [0, 0.1) is 5.82 Å². The van der Waals surface area contributed by atoms with Gasteiger partial charge in [0.25, 0.3) is 0 Å². The SMILES string of the molecule is CCCN(CCBr)C(=O)Cc1c(F)cccc1Cl. The molecule has 0 aromatic heterocycles. The molecule has 0 saturated carbocycles. The van der Waals surface area contributed by atoms with Crippen molar-refractivity contribution in [2.75, 3.05) is 18.4 Å². The second-order valence-corrected chi connectivity index (χ2v) is 5.15. The van der Waals surface area contributed by atoms with Crippen LogP contribution in [-0.2, 0) is 11.2 Å². The Morgan fingerprint density at radius 2 is 2.17 bits per heavy atom. The Balaban J connectivity index is 2.79. The Bertz CT molecular complexity index is 388. The van der Waals surface area contributed by atoms with Crippen molar-refractivity contribution in [3.05, 3.63) is 34.6 Å². The lowest BCUT2D eigenvalue weighted by atomic mass is 10.1. The van der Waals surface area contributed by atoms with E-state index >= 15 is 0 Å². The van der Waals surface area contributed by atoms with E-state index in [-0.39, 0.29) is 17.9 Å². The van der Waals surface area contributed by atoms with Crippen molar-refractivity contribution in [1.29, 1.82) is 0 Å². The summed E-state index contributed by atoms with van der Waals surface area (Å²) in [5.74, 6) is -0.519. The highest BCUT2D eigenvalue weighted by Gasteiger charge is 2.16. The van der Waals surface area contributed by atoms with E-state index in [0.717, 1.165) is 6.42 Å². The van der Waals surface area contributed by atoms with Crippen molar-refractivity contribution in [2.24, 2.45) is 0 Å². The van der Waals surface area contributed by atoms with E-state index in [1.807, 2.05) is 6.92 Å². The summed E-state index contributed by atoms with van der Waals surface area (Å²) in [6.45, 7) is 3.31. The van der Waals surface area contributed by atoms with E-state index in [1.54, 1.807) is 11.0 Å². The highest BCUT2D eigenvalue weighted by Crippen LogP contribution is 2.20. The molecule has 1 aromatic carbocycles. The first-order chi connectivity index (χ1) is 8.60. The minimum absolute atomic E-state index is 0.0124. The van der Waals surface area contributed by atoms with Gasteiger partial charge in [-0.3, -0.25) is 4.79 Å². The molecule has 1 rings (SSSR count). The maximum Gasteiger partial charge on any atom is 0.227 e. The predicted molar refractivity (Wildman–Crippen MR) is 75.8 cm³/mol. The number of rotatable bonds is 6. The molecule has 0 bridgehead atoms. The minimum atomic E-state index is -0.425. The van der Waals surface area contributed by atoms with Crippen molar-refractivity contribution >= 4 is 33.4 Å². The average molecular weight is 337 g/mol. The van der Waals surface area contributed by atoms with Crippen LogP contribution >= 0.6 is 27.5 Å². The second kappa shape index (κ2) is 7.74. The van der Waals surface area contributed by atoms with Crippen LogP contribution in [0.5, 0.6) is 0 Å². The van der Waals surface area contributed by atoms with Gasteiger partial charge in [-0.05, 0) is 18.6 Å². The van der Waals surface area contributed by atoms with Gasteiger partial charge >= 0.3 is 0 Å². The van der Waals surface area contributed by atoms with Crippen molar-refractivity contribution in [1.82, 2.24) is 4.90 Å². The molecule has 0 spiro atoms. The van der Waals surface area contributed by atoms with Crippen LogP contribution in [0.25, 0.3) is 0 Å². The van der Waals surface area contributed by atoms with E-state index < -0.39 is 5.82 Å². The molecule has 0 fully saturated rings. The highest BCUT2D eigenvalue weighted by molar-refractivity contribution is 9.09. The summed E-state index contributed by atoms with van der Waals surface area (Å²) in [5.41, 5.74) is 0.278. The quantitative estimate of drug-likeness (QED) is 0.726. The largest absolute Gasteiger partial charge is 0.342 e. The number of carbonyl (C=O) groups excluding carboxylic acids is 1. The third kappa shape index (κ3) is 4.25. The Labute approximate surface area is 120 Å². The van der Waals surface area contributed by atoms with Crippen molar-refractivity contribution in [2.45, 2.75) is 19.8 Å². The van der Waals surface area contributed by atoms with Gasteiger partial charge in [-0.2, -0.15) is 0 Å². The first-order valence-electron chi connectivity index (χ1n) is 5.86. The Morgan fingerprint density at radius 1 is 1.44 bits per heavy atom. The van der Waals surface area contributed by atoms with Crippen LogP contribution in [0.2, 0.25) is 5.02 Å². The van der Waals surface area contributed by atoms with E-state index in [2.05, 4.69) is 15.9 Å². The molecule has 0 aliphatic carbocycles. The zero-order valence-corrected chi connectivity index (χ0v) is 12.6. The van der Waals surface area contributed by atoms with E-state index in [9.17, 15) is 9.18 Å². The van der Waals surface area contributed by atoms with Gasteiger partial charge in [0, 0.05) is 29.0 Å². The highest BCUT2D eigenvalue weighted by atomic mass is 79.9. The predicted octanol–water partition coefficient (Wildman–Crippen LogP) is 3.66. The molecule has 0 aliphatic rings. The fraction of sp³-hybridized carbons (Fsp3) is 0.462. The topological polar surface area (TPSA) is 20.3 Å². The molecule has 5 heteroatoms. The van der Waals surface area contributed by atoms with Gasteiger partial charge in [0.15, 0.2) is 0 Å². The molecule has 0 N–H and O–H groups in total. The standard InChI is InChI=1S/C13H16BrClFNO/c1-2-7-17(8-6-14)13(18)9-10-11(15)4-3-5-12(10)16/h3-5H,2,6-9H2,1H3. The maximum absolute atomic E-state index is 13.6. The number of amides is 1. The van der Waals surface area contributed by atoms with Crippen LogP contribution in [0.3, 0.4) is 0 Å². The lowest BCUT2D eigenvalue weighted by Crippen LogP contribution is -2.34. The molecule has 1 amide bonds. The van der Waals surface area contributed by atoms with Crippen LogP contribution in [0.15, 0.2) is 18.2 Å². The number of alkyl halides is 1. The summed E-state index contributed by atoms with van der Waals surface area (Å²) in [5, 5.41) is 1.02. The normalized spacial score (nSPS) is 10.4. The number of hydrogen-bond donors (Lipinski definition) is 0. The second-order valence-electron chi connectivity index (χ2n) is 3.95. The summed E-state index contributed by atoms with van der Waals surface area (Å²) < 4.78 is 13.6. The van der Waals surface area contributed by atoms with E-state index in [4.69, 9.17) is 11.6 Å². The fourth-order valence-electron chi connectivity index (χ4n) is 1.70. The lowest BCUT2D eigenvalue weighted by Gasteiger charge is -2.21. The smallest absolute Gasteiger partial charge is 0.227 e. The Kier molecular flexibility index (Phi) is 6.65. The summed E-state index contributed by atoms with van der Waals surface area (Å²) >= 11 is 9.22. The molecule has 0 radical (unpaired) electrons. The molecule has 0 unspecified atom stereocenters. The summed E-state index contributed by atoms with van der Waals surface area (Å²) in [6, 6.07) is 4.46. The van der Waals surface area contributed by atoms with Gasteiger partial charge in [-0.1, -0.05) is 40.5 Å². The van der Waals surface area contributed by atoms with Gasteiger partial charge < -0.3 is 4.90 Å². The summed E-state index contributed by atoms with van der Waals surface area (Å²) in [6.07, 6.45) is 0.891. The summed E-state index contributed by atoms with van der Waals surface area (Å²) in [4.78, 5) is 13.8. The van der Waals surface area contributed by atoms with E-state index in [1.165, 1.54) is 12.1 Å². The molecular formula is C13H16BrClFNO. The first-order valence-corrected chi connectivity index (χ1v) is 7.36. The van der Waals surface area contributed by atoms with Crippen molar-refractivity contribution in [3.63, 3.8) is 0 Å². The third-order valence-corrected chi connectivity index (χ3v) is 3.30. The Hall–Kier alpha value is -0.610. The molecule has 2 nitrogen and oxygen atoms in total. The molecule has 100 valence electrons. The zero-order valence-electron chi connectivity index (χ0n) is 10.3. The number of benzene rings is 1. The van der Waals surface area contributed by atoms with Crippen molar-refractivity contribution in [3.8, 4) is 0 Å². The van der Waals surface area contributed by atoms with Crippen LogP contribution < -0.4 is 0 Å². The summed E-state index contributed by atoms with van der Waals surface area (Å²) in [7, 11) is 0. The number of halogens is 3. The molecule has 0 heterocycles. The van der Waals surface area contributed by atoms with E-state index in [0.29, 0.717) is 23.4 Å². The fourth-order valence-corrected chi connectivity index (χ4v) is 2.36. The van der Waals surface area contributed by atoms with Crippen LogP contribution in [0.1, 0.15) is 18.9 Å². The lowest BCUT2D eigenvalue weighted by molar-refractivity contribution is -0.130. The minimum Gasteiger partial charge on any atom is -0.342 e. The molecular weight excluding hydrogens is 321 g/mol. The van der Waals surface area contributed by atoms with Crippen molar-refractivity contribution < 1.29 is 9.18 Å². The van der Waals surface area contributed by atoms with Gasteiger partial charge in [-0.25, -0.2) is 4.39 Å². The molecule has 1 aromatic rings. The van der Waals surface area contributed by atoms with Crippen LogP contribution in [0.4, 0.5) is 4.39 Å². The maximum atomic E-state index is 13.6. The molecule has 0 aliphatic heterocycles. The molecule has 0 atom stereocenters. The number of hydrogen-bond acceptors (Lipinski definition) is 1. The van der Waals surface area contributed by atoms with Gasteiger partial charge in [-0.15, -0.1) is 0 Å². The number of carbonyl (C=O) groups is 1. The molecule has 18 heavy (non-hydrogen) atoms. The van der Waals surface area contributed by atoms with Gasteiger partial charge in [0.2, 0.25) is 5.91 Å². The Morgan fingerprint density at radius 3 is 2.72 bits per heavy atom. The van der Waals surface area contributed by atoms with Gasteiger partial charge in [0.05, 0.1) is 6.42 Å². The monoisotopic (exact) mass is 335 g/mol. The van der Waals surface area contributed by atoms with Crippen LogP contribution in [-0.4, -0.2) is 29.2 Å². The van der Waals surface area contributed by atoms with Gasteiger partial charge in [0.1, 0.15) is 5.82 Å². The zero-order chi connectivity index (χ0) is 13.5. The molecule has 0 saturated heterocycles. The average Bonchev–Trinajstić information content (AvgIpc) is 2.33.